The van der Waals surface area contributed by atoms with E-state index in [1.807, 2.05) is 26.0 Å². The summed E-state index contributed by atoms with van der Waals surface area (Å²) in [5.74, 6) is 0.183. The molecule has 10 nitrogen and oxygen atoms in total. The molecule has 2 heterocycles. The Kier molecular flexibility index (Phi) is 7.16. The highest BCUT2D eigenvalue weighted by atomic mass is 16.6. The van der Waals surface area contributed by atoms with Crippen molar-refractivity contribution in [3.63, 3.8) is 0 Å². The third-order valence-electron chi connectivity index (χ3n) is 5.53. The number of benzene rings is 1. The summed E-state index contributed by atoms with van der Waals surface area (Å²) in [5, 5.41) is 0. The van der Waals surface area contributed by atoms with E-state index in [2.05, 4.69) is 15.0 Å². The molecule has 0 spiro atoms. The molecule has 168 valence electrons. The van der Waals surface area contributed by atoms with E-state index >= 15 is 0 Å². The van der Waals surface area contributed by atoms with E-state index in [9.17, 15) is 9.59 Å². The molecule has 2 aliphatic heterocycles. The van der Waals surface area contributed by atoms with Gasteiger partial charge in [-0.05, 0) is 37.1 Å². The van der Waals surface area contributed by atoms with Crippen molar-refractivity contribution in [2.75, 3.05) is 35.0 Å². The van der Waals surface area contributed by atoms with Gasteiger partial charge in [-0.3, -0.25) is 9.78 Å². The average Bonchev–Trinajstić information content (AvgIpc) is 2.74. The molecule has 31 heavy (non-hydrogen) atoms. The van der Waals surface area contributed by atoms with E-state index in [4.69, 9.17) is 18.9 Å². The summed E-state index contributed by atoms with van der Waals surface area (Å²) in [4.78, 5) is 35.2. The first-order chi connectivity index (χ1) is 14.8. The van der Waals surface area contributed by atoms with Crippen LogP contribution in [0.4, 0.5) is 0 Å². The summed E-state index contributed by atoms with van der Waals surface area (Å²) in [7, 11) is 6.29. The lowest BCUT2D eigenvalue weighted by Gasteiger charge is -2.32. The van der Waals surface area contributed by atoms with E-state index in [0.717, 1.165) is 16.6 Å². The molecule has 2 aliphatic rings. The topological polar surface area (TPSA) is 118 Å². The van der Waals surface area contributed by atoms with Crippen molar-refractivity contribution in [2.45, 2.75) is 38.7 Å². The van der Waals surface area contributed by atoms with Crippen LogP contribution in [0.5, 0.6) is 0 Å². The molecule has 0 fully saturated rings. The fourth-order valence-electron chi connectivity index (χ4n) is 3.73. The fourth-order valence-corrected chi connectivity index (χ4v) is 3.73. The Balaban J connectivity index is 2.23. The SMILES string of the molecule is COCC(OC)C(OC)C(Cn1c2nc(=O)[nH]c(=O)c-2nc2cc(C)c(C)cc21)OC. The minimum absolute atomic E-state index is 0.0827. The van der Waals surface area contributed by atoms with Crippen LogP contribution in [0.3, 0.4) is 0 Å². The van der Waals surface area contributed by atoms with Crippen LogP contribution in [0.1, 0.15) is 11.1 Å². The Hall–Kier alpha value is -2.66. The number of aromatic amines is 1. The van der Waals surface area contributed by atoms with Gasteiger partial charge in [0, 0.05) is 28.4 Å². The van der Waals surface area contributed by atoms with Crippen LogP contribution in [0, 0.1) is 13.8 Å². The second-order valence-electron chi connectivity index (χ2n) is 7.39. The van der Waals surface area contributed by atoms with Gasteiger partial charge in [0.15, 0.2) is 11.5 Å². The van der Waals surface area contributed by atoms with E-state index in [1.54, 1.807) is 33.0 Å². The number of methoxy groups -OCH3 is 4. The molecule has 0 aromatic heterocycles. The van der Waals surface area contributed by atoms with Crippen molar-refractivity contribution >= 4 is 11.0 Å². The fraction of sp³-hybridized carbons (Fsp3) is 0.524. The largest absolute Gasteiger partial charge is 0.382 e. The van der Waals surface area contributed by atoms with Crippen LogP contribution >= 0.6 is 0 Å². The highest BCUT2D eigenvalue weighted by Crippen LogP contribution is 2.25. The average molecular weight is 432 g/mol. The van der Waals surface area contributed by atoms with Crippen LogP contribution in [0.2, 0.25) is 0 Å². The Morgan fingerprint density at radius 1 is 0.968 bits per heavy atom. The van der Waals surface area contributed by atoms with E-state index in [-0.39, 0.29) is 18.1 Å². The number of fused-ring (bicyclic) bond motifs is 2. The normalized spacial score (nSPS) is 14.8. The first kappa shape index (κ1) is 23.0. The molecule has 3 unspecified atom stereocenters. The maximum absolute atomic E-state index is 12.5. The molecular weight excluding hydrogens is 404 g/mol. The van der Waals surface area contributed by atoms with E-state index in [1.165, 1.54) is 0 Å². The van der Waals surface area contributed by atoms with Gasteiger partial charge < -0.3 is 23.5 Å². The van der Waals surface area contributed by atoms with Crippen LogP contribution in [-0.4, -0.2) is 72.9 Å². The second-order valence-corrected chi connectivity index (χ2v) is 7.39. The van der Waals surface area contributed by atoms with Crippen molar-refractivity contribution in [1.82, 2.24) is 19.5 Å². The summed E-state index contributed by atoms with van der Waals surface area (Å²) in [6.45, 7) is 4.50. The maximum atomic E-state index is 12.5. The number of nitrogens with one attached hydrogen (secondary N) is 1. The zero-order valence-corrected chi connectivity index (χ0v) is 18.6. The number of aryl methyl sites for hydroxylation is 2. The van der Waals surface area contributed by atoms with Gasteiger partial charge in [0.1, 0.15) is 18.3 Å². The summed E-state index contributed by atoms with van der Waals surface area (Å²) < 4.78 is 24.0. The Labute approximate surface area is 179 Å². The smallest absolute Gasteiger partial charge is 0.349 e. The standard InChI is InChI=1S/C21H28N4O6/c1-11-7-13-14(8-12(11)2)25(19-17(22-13)20(26)24-21(27)23-19)9-15(29-4)18(31-6)16(30-5)10-28-3/h7-8,15-16,18H,9-10H2,1-6H3,(H,24,26,27). The third kappa shape index (κ3) is 4.52. The number of aromatic nitrogens is 4. The van der Waals surface area contributed by atoms with Gasteiger partial charge in [-0.2, -0.15) is 4.98 Å². The Bertz CT molecular complexity index is 1140. The lowest BCUT2D eigenvalue weighted by molar-refractivity contribution is -0.127. The molecule has 1 aromatic rings. The quantitative estimate of drug-likeness (QED) is 0.496. The number of ether oxygens (including phenoxy) is 4. The van der Waals surface area contributed by atoms with Gasteiger partial charge in [0.05, 0.1) is 24.2 Å². The van der Waals surface area contributed by atoms with Crippen LogP contribution in [-0.2, 0) is 25.5 Å². The minimum atomic E-state index is -0.734. The maximum Gasteiger partial charge on any atom is 0.349 e. The van der Waals surface area contributed by atoms with Crippen LogP contribution in [0.15, 0.2) is 21.7 Å². The number of nitrogens with zero attached hydrogens (tertiary/aromatic N) is 3. The molecule has 0 bridgehead atoms. The van der Waals surface area contributed by atoms with E-state index < -0.39 is 29.6 Å². The molecule has 0 saturated carbocycles. The first-order valence-corrected chi connectivity index (χ1v) is 9.83. The molecule has 1 N–H and O–H groups in total. The van der Waals surface area contributed by atoms with Gasteiger partial charge in [0.25, 0.3) is 5.56 Å². The molecule has 3 atom stereocenters. The first-order valence-electron chi connectivity index (χ1n) is 9.83. The van der Waals surface area contributed by atoms with Gasteiger partial charge in [0.2, 0.25) is 0 Å². The van der Waals surface area contributed by atoms with Crippen LogP contribution < -0.4 is 11.2 Å². The van der Waals surface area contributed by atoms with Crippen LogP contribution in [0.25, 0.3) is 22.6 Å². The predicted molar refractivity (Wildman–Crippen MR) is 115 cm³/mol. The lowest BCUT2D eigenvalue weighted by Crippen LogP contribution is -2.46. The zero-order valence-electron chi connectivity index (χ0n) is 18.6. The van der Waals surface area contributed by atoms with Crippen molar-refractivity contribution < 1.29 is 18.9 Å². The second kappa shape index (κ2) is 9.65. The number of H-pyrrole nitrogens is 1. The molecule has 0 amide bonds. The minimum Gasteiger partial charge on any atom is -0.382 e. The molecule has 0 aliphatic carbocycles. The summed E-state index contributed by atoms with van der Waals surface area (Å²) in [6.07, 6.45) is -1.38. The number of hydrogen-bond acceptors (Lipinski definition) is 8. The predicted octanol–water partition coefficient (Wildman–Crippen LogP) is 0.893. The number of hydrogen-bond donors (Lipinski definition) is 1. The van der Waals surface area contributed by atoms with Gasteiger partial charge in [-0.15, -0.1) is 0 Å². The van der Waals surface area contributed by atoms with Crippen molar-refractivity contribution in [2.24, 2.45) is 0 Å². The lowest BCUT2D eigenvalue weighted by atomic mass is 10.1. The molecule has 1 aromatic carbocycles. The van der Waals surface area contributed by atoms with Crippen molar-refractivity contribution in [3.8, 4) is 11.5 Å². The Morgan fingerprint density at radius 3 is 2.26 bits per heavy atom. The highest BCUT2D eigenvalue weighted by Gasteiger charge is 2.32. The summed E-state index contributed by atoms with van der Waals surface area (Å²) in [6, 6.07) is 3.87. The van der Waals surface area contributed by atoms with Crippen molar-refractivity contribution in [1.29, 1.82) is 0 Å². The summed E-state index contributed by atoms with van der Waals surface area (Å²) >= 11 is 0. The van der Waals surface area contributed by atoms with Gasteiger partial charge >= 0.3 is 5.69 Å². The molecule has 0 radical (unpaired) electrons. The molecule has 3 rings (SSSR count). The molecule has 0 saturated heterocycles. The Morgan fingerprint density at radius 2 is 1.65 bits per heavy atom. The number of rotatable bonds is 9. The third-order valence-corrected chi connectivity index (χ3v) is 5.53. The van der Waals surface area contributed by atoms with E-state index in [0.29, 0.717) is 12.1 Å². The monoisotopic (exact) mass is 432 g/mol. The zero-order chi connectivity index (χ0) is 22.7. The molecular formula is C21H28N4O6. The van der Waals surface area contributed by atoms with Gasteiger partial charge in [-0.1, -0.05) is 0 Å². The molecule has 10 heteroatoms. The van der Waals surface area contributed by atoms with Crippen molar-refractivity contribution in [3.05, 3.63) is 44.1 Å². The highest BCUT2D eigenvalue weighted by molar-refractivity contribution is 5.81. The van der Waals surface area contributed by atoms with Gasteiger partial charge in [-0.25, -0.2) is 9.78 Å². The summed E-state index contributed by atoms with van der Waals surface area (Å²) in [5.41, 5.74) is 2.18.